The molecule has 0 saturated heterocycles. The number of hydrogen-bond donors (Lipinski definition) is 6. The van der Waals surface area contributed by atoms with Crippen LogP contribution in [0.3, 0.4) is 0 Å². The minimum atomic E-state index is -1.78. The third-order valence-corrected chi connectivity index (χ3v) is 4.07. The van der Waals surface area contributed by atoms with Gasteiger partial charge in [0.15, 0.2) is 0 Å². The quantitative estimate of drug-likeness (QED) is 0.253. The number of nitrogens with one attached hydrogen (secondary N) is 3. The smallest absolute Gasteiger partial charge is 0 e. The van der Waals surface area contributed by atoms with Crippen molar-refractivity contribution in [2.45, 2.75) is 0 Å². The van der Waals surface area contributed by atoms with Crippen molar-refractivity contribution in [1.29, 1.82) is 0 Å². The molecule has 0 rings (SSSR count). The molecule has 0 unspecified atom stereocenters. The molecule has 8 heteroatoms. The van der Waals surface area contributed by atoms with Gasteiger partial charge < -0.3 is 0 Å². The molecular formula is C6H18N3O3Ti2. The first-order valence-corrected chi connectivity index (χ1v) is 6.60. The summed E-state index contributed by atoms with van der Waals surface area (Å²) in [5.41, 5.74) is 0. The van der Waals surface area contributed by atoms with Crippen molar-refractivity contribution >= 4 is 0 Å². The van der Waals surface area contributed by atoms with Gasteiger partial charge in [0.05, 0.1) is 0 Å². The van der Waals surface area contributed by atoms with E-state index >= 15 is 0 Å². The third-order valence-electron chi connectivity index (χ3n) is 1.24. The van der Waals surface area contributed by atoms with Crippen LogP contribution < -0.4 is 11.4 Å². The first kappa shape index (κ1) is 17.6. The van der Waals surface area contributed by atoms with E-state index in [1.54, 1.807) is 0 Å². The minimum absolute atomic E-state index is 0. The van der Waals surface area contributed by atoms with Crippen molar-refractivity contribution in [3.63, 3.8) is 0 Å². The van der Waals surface area contributed by atoms with Crippen molar-refractivity contribution < 1.29 is 55.7 Å². The average molecular weight is 276 g/mol. The van der Waals surface area contributed by atoms with Gasteiger partial charge in [0, 0.05) is 21.7 Å². The van der Waals surface area contributed by atoms with Crippen LogP contribution in [-0.4, -0.2) is 54.8 Å². The average Bonchev–Trinajstić information content (AvgIpc) is 2.17. The fraction of sp³-hybridized carbons (Fsp3) is 1.00. The van der Waals surface area contributed by atoms with E-state index in [4.69, 9.17) is 15.3 Å². The Labute approximate surface area is 106 Å². The molecule has 0 aromatic rings. The van der Waals surface area contributed by atoms with Crippen LogP contribution in [0.2, 0.25) is 0 Å². The molecule has 0 radical (unpaired) electrons. The molecule has 0 aromatic carbocycles. The van der Waals surface area contributed by atoms with Crippen LogP contribution in [0.1, 0.15) is 0 Å². The predicted molar refractivity (Wildman–Crippen MR) is 45.3 cm³/mol. The molecule has 0 aliphatic carbocycles. The zero-order chi connectivity index (χ0) is 9.94. The van der Waals surface area contributed by atoms with E-state index in [1.807, 2.05) is 0 Å². The zero-order valence-electron chi connectivity index (χ0n) is 8.08. The van der Waals surface area contributed by atoms with Gasteiger partial charge >= 0.3 is 84.8 Å². The molecule has 0 atom stereocenters. The first-order valence-electron chi connectivity index (χ1n) is 4.26. The van der Waals surface area contributed by atoms with Gasteiger partial charge in [-0.05, 0) is 0 Å². The van der Waals surface area contributed by atoms with E-state index in [-0.39, 0.29) is 41.5 Å². The van der Waals surface area contributed by atoms with Crippen LogP contribution in [0.25, 0.3) is 0 Å². The Bertz CT molecular complexity index is 93.3. The number of rotatable bonds is 9. The molecular weight excluding hydrogens is 258 g/mol. The molecule has 83 valence electrons. The van der Waals surface area contributed by atoms with E-state index in [0.29, 0.717) is 19.6 Å². The minimum Gasteiger partial charge on any atom is 0 e. The number of hydrogen-bond acceptors (Lipinski definition) is 6. The van der Waals surface area contributed by atoms with Crippen molar-refractivity contribution in [2.75, 3.05) is 39.5 Å². The van der Waals surface area contributed by atoms with Gasteiger partial charge in [0.1, 0.15) is 0 Å². The van der Waals surface area contributed by atoms with Crippen LogP contribution in [0.5, 0.6) is 0 Å². The monoisotopic (exact) mass is 276 g/mol. The van der Waals surface area contributed by atoms with Gasteiger partial charge in [-0.15, -0.1) is 0 Å². The predicted octanol–water partition coefficient (Wildman–Crippen LogP) is -2.91. The second-order valence-corrected chi connectivity index (χ2v) is 5.15. The molecule has 0 aliphatic heterocycles. The van der Waals surface area contributed by atoms with Gasteiger partial charge in [-0.2, -0.15) is 0 Å². The molecule has 0 saturated carbocycles. The van der Waals surface area contributed by atoms with Crippen molar-refractivity contribution in [3.05, 3.63) is 0 Å². The summed E-state index contributed by atoms with van der Waals surface area (Å²) in [5.74, 6) is 0. The maximum Gasteiger partial charge on any atom is 0 e. The standard InChI is InChI=1S/3C2H6NO.2Ti/c3*3-1-2-4;;/h3*3-4H,1-2H2;;/q3*-1;;+3. The molecule has 0 amide bonds. The molecule has 0 spiro atoms. The molecule has 0 fully saturated rings. The van der Waals surface area contributed by atoms with E-state index in [2.05, 4.69) is 11.4 Å². The Hall–Kier alpha value is 1.19. The third kappa shape index (κ3) is 11.3. The zero-order valence-corrected chi connectivity index (χ0v) is 11.2. The molecule has 0 bridgehead atoms. The van der Waals surface area contributed by atoms with Crippen LogP contribution in [0.4, 0.5) is 0 Å². The van der Waals surface area contributed by atoms with Crippen LogP contribution in [0.15, 0.2) is 0 Å². The molecule has 14 heavy (non-hydrogen) atoms. The van der Waals surface area contributed by atoms with Gasteiger partial charge in [0.25, 0.3) is 0 Å². The molecule has 6 N–H and O–H groups in total. The number of aliphatic hydroxyl groups is 3. The Balaban J connectivity index is 0. The van der Waals surface area contributed by atoms with Crippen LogP contribution in [-0.2, 0) is 40.4 Å². The summed E-state index contributed by atoms with van der Waals surface area (Å²) in [7, 11) is 0. The van der Waals surface area contributed by atoms with Crippen molar-refractivity contribution in [1.82, 2.24) is 11.4 Å². The summed E-state index contributed by atoms with van der Waals surface area (Å²) in [6, 6.07) is 0. The fourth-order valence-corrected chi connectivity index (χ4v) is 3.01. The van der Waals surface area contributed by atoms with Crippen LogP contribution >= 0.6 is 0 Å². The Kier molecular flexibility index (Phi) is 17.8. The fourth-order valence-electron chi connectivity index (χ4n) is 0.730. The van der Waals surface area contributed by atoms with E-state index in [1.165, 1.54) is 0 Å². The normalized spacial score (nSPS) is 9.64. The summed E-state index contributed by atoms with van der Waals surface area (Å²) in [6.45, 7) is 1.89. The first-order chi connectivity index (χ1) is 6.35. The molecule has 0 aliphatic rings. The largest absolute Gasteiger partial charge is 0 e. The maximum atomic E-state index is 8.58. The molecule has 0 aromatic heterocycles. The molecule has 6 nitrogen and oxygen atoms in total. The van der Waals surface area contributed by atoms with Gasteiger partial charge in [-0.1, -0.05) is 0 Å². The maximum absolute atomic E-state index is 8.58. The second kappa shape index (κ2) is 14.2. The van der Waals surface area contributed by atoms with E-state index < -0.39 is 18.6 Å². The Morgan fingerprint density at radius 1 is 0.714 bits per heavy atom. The number of aliphatic hydroxyl groups excluding tert-OH is 3. The van der Waals surface area contributed by atoms with Crippen molar-refractivity contribution in [3.8, 4) is 0 Å². The van der Waals surface area contributed by atoms with Crippen LogP contribution in [0, 0.1) is 0 Å². The summed E-state index contributed by atoms with van der Waals surface area (Å²) < 4.78 is 9.33. The van der Waals surface area contributed by atoms with E-state index in [0.717, 1.165) is 0 Å². The SMILES string of the molecule is OCC[NH][Ti]([NH]CCO)[NH]CCO.[Ti]. The molecule has 0 heterocycles. The summed E-state index contributed by atoms with van der Waals surface area (Å²) in [4.78, 5) is 0. The summed E-state index contributed by atoms with van der Waals surface area (Å²) in [5, 5.41) is 25.7. The van der Waals surface area contributed by atoms with Gasteiger partial charge in [-0.3, -0.25) is 0 Å². The second-order valence-electron chi connectivity index (χ2n) is 2.33. The topological polar surface area (TPSA) is 96.8 Å². The van der Waals surface area contributed by atoms with E-state index in [9.17, 15) is 0 Å². The van der Waals surface area contributed by atoms with Gasteiger partial charge in [0.2, 0.25) is 0 Å². The Morgan fingerprint density at radius 3 is 1.21 bits per heavy atom. The summed E-state index contributed by atoms with van der Waals surface area (Å²) >= 11 is -1.78. The Morgan fingerprint density at radius 2 is 1.00 bits per heavy atom. The van der Waals surface area contributed by atoms with Gasteiger partial charge in [-0.25, -0.2) is 0 Å². The van der Waals surface area contributed by atoms with Crippen molar-refractivity contribution in [2.24, 2.45) is 0 Å². The summed E-state index contributed by atoms with van der Waals surface area (Å²) in [6.07, 6.45) is 0.